The Bertz CT molecular complexity index is 1090. The summed E-state index contributed by atoms with van der Waals surface area (Å²) in [6.45, 7) is 0.812. The number of benzene rings is 2. The van der Waals surface area contributed by atoms with Crippen LogP contribution in [0.5, 0.6) is 0 Å². The first-order valence-electron chi connectivity index (χ1n) is 8.39. The van der Waals surface area contributed by atoms with Gasteiger partial charge in [-0.3, -0.25) is 0 Å². The van der Waals surface area contributed by atoms with E-state index in [0.717, 1.165) is 18.7 Å². The minimum absolute atomic E-state index is 0.227. The normalized spacial score (nSPS) is 13.4. The Kier molecular flexibility index (Phi) is 4.46. The van der Waals surface area contributed by atoms with Gasteiger partial charge in [-0.05, 0) is 35.7 Å². The van der Waals surface area contributed by atoms with Crippen LogP contribution in [0, 0.1) is 0 Å². The molecular weight excluding hydrogens is 364 g/mol. The molecule has 0 fully saturated rings. The zero-order valence-corrected chi connectivity index (χ0v) is 15.2. The third-order valence-corrected chi connectivity index (χ3v) is 4.97. The Hall–Kier alpha value is -3.04. The van der Waals surface area contributed by atoms with Crippen LogP contribution < -0.4 is 15.4 Å². The van der Waals surface area contributed by atoms with E-state index in [1.165, 1.54) is 11.9 Å². The number of sulfonamides is 1. The van der Waals surface area contributed by atoms with Crippen LogP contribution in [0.3, 0.4) is 0 Å². The number of hydrogen-bond donors (Lipinski definition) is 2. The Balaban J connectivity index is 1.57. The van der Waals surface area contributed by atoms with Crippen molar-refractivity contribution in [2.45, 2.75) is 12.2 Å². The first-order valence-corrected chi connectivity index (χ1v) is 10.1. The summed E-state index contributed by atoms with van der Waals surface area (Å²) in [5.74, 6) is 0.727. The predicted octanol–water partition coefficient (Wildman–Crippen LogP) is 2.10. The van der Waals surface area contributed by atoms with E-state index in [4.69, 9.17) is 5.14 Å². The number of anilines is 4. The van der Waals surface area contributed by atoms with Crippen LogP contribution in [-0.2, 0) is 22.2 Å². The Labute approximate surface area is 157 Å². The van der Waals surface area contributed by atoms with E-state index in [1.54, 1.807) is 24.3 Å². The van der Waals surface area contributed by atoms with Gasteiger partial charge in [0.2, 0.25) is 21.9 Å². The third kappa shape index (κ3) is 4.04. The van der Waals surface area contributed by atoms with E-state index < -0.39 is 10.0 Å². The molecule has 0 atom stereocenters. The SMILES string of the molecule is NS(=O)(=O)Cc1cccc(Nc2ncnc(N3CCc4ccccc43)n2)c1. The number of rotatable bonds is 5. The van der Waals surface area contributed by atoms with E-state index >= 15 is 0 Å². The van der Waals surface area contributed by atoms with Crippen molar-refractivity contribution in [3.05, 3.63) is 66.0 Å². The van der Waals surface area contributed by atoms with Gasteiger partial charge in [0, 0.05) is 17.9 Å². The van der Waals surface area contributed by atoms with Gasteiger partial charge in [0.25, 0.3) is 0 Å². The summed E-state index contributed by atoms with van der Waals surface area (Å²) in [4.78, 5) is 15.0. The van der Waals surface area contributed by atoms with E-state index in [1.807, 2.05) is 12.1 Å². The molecule has 0 bridgehead atoms. The molecule has 0 unspecified atom stereocenters. The maximum Gasteiger partial charge on any atom is 0.234 e. The summed E-state index contributed by atoms with van der Waals surface area (Å²) >= 11 is 0. The first kappa shape index (κ1) is 17.4. The highest BCUT2D eigenvalue weighted by Crippen LogP contribution is 2.32. The van der Waals surface area contributed by atoms with Gasteiger partial charge < -0.3 is 10.2 Å². The van der Waals surface area contributed by atoms with Gasteiger partial charge in [0.15, 0.2) is 0 Å². The zero-order valence-electron chi connectivity index (χ0n) is 14.4. The smallest absolute Gasteiger partial charge is 0.234 e. The average molecular weight is 382 g/mol. The van der Waals surface area contributed by atoms with Crippen LogP contribution >= 0.6 is 0 Å². The fourth-order valence-electron chi connectivity index (χ4n) is 3.12. The van der Waals surface area contributed by atoms with Crippen molar-refractivity contribution in [2.75, 3.05) is 16.8 Å². The van der Waals surface area contributed by atoms with Gasteiger partial charge in [-0.15, -0.1) is 0 Å². The lowest BCUT2D eigenvalue weighted by Gasteiger charge is -2.17. The molecule has 0 spiro atoms. The molecule has 0 radical (unpaired) electrons. The standard InChI is InChI=1S/C18H18N6O2S/c19-27(25,26)11-13-4-3-6-15(10-13)22-17-20-12-21-18(23-17)24-9-8-14-5-1-2-7-16(14)24/h1-7,10,12H,8-9,11H2,(H2,19,25,26)(H,20,21,22,23). The quantitative estimate of drug-likeness (QED) is 0.694. The fourth-order valence-corrected chi connectivity index (χ4v) is 3.77. The number of nitrogens with one attached hydrogen (secondary N) is 1. The van der Waals surface area contributed by atoms with Crippen LogP contribution in [0.2, 0.25) is 0 Å². The molecule has 9 heteroatoms. The molecule has 3 N–H and O–H groups in total. The number of aromatic nitrogens is 3. The number of fused-ring (bicyclic) bond motifs is 1. The molecule has 0 aliphatic carbocycles. The van der Waals surface area contributed by atoms with Gasteiger partial charge in [-0.1, -0.05) is 30.3 Å². The van der Waals surface area contributed by atoms with Gasteiger partial charge in [-0.25, -0.2) is 23.5 Å². The molecule has 2 heterocycles. The molecule has 0 amide bonds. The summed E-state index contributed by atoms with van der Waals surface area (Å²) in [6.07, 6.45) is 2.40. The van der Waals surface area contributed by atoms with Gasteiger partial charge in [0.05, 0.1) is 5.75 Å². The van der Waals surface area contributed by atoms with Crippen molar-refractivity contribution in [1.82, 2.24) is 15.0 Å². The lowest BCUT2D eigenvalue weighted by atomic mass is 10.2. The molecule has 3 aromatic rings. The molecule has 1 aliphatic heterocycles. The molecule has 0 saturated heterocycles. The van der Waals surface area contributed by atoms with Crippen molar-refractivity contribution >= 4 is 33.3 Å². The molecule has 0 saturated carbocycles. The molecule has 1 aliphatic rings. The molecule has 2 aromatic carbocycles. The molecular formula is C18H18N6O2S. The van der Waals surface area contributed by atoms with E-state index in [0.29, 0.717) is 23.1 Å². The molecule has 27 heavy (non-hydrogen) atoms. The summed E-state index contributed by atoms with van der Waals surface area (Å²) in [5, 5.41) is 8.21. The molecule has 4 rings (SSSR count). The Morgan fingerprint density at radius 2 is 1.96 bits per heavy atom. The highest BCUT2D eigenvalue weighted by atomic mass is 32.2. The van der Waals surface area contributed by atoms with Crippen molar-refractivity contribution in [3.8, 4) is 0 Å². The van der Waals surface area contributed by atoms with Gasteiger partial charge >= 0.3 is 0 Å². The van der Waals surface area contributed by atoms with E-state index in [2.05, 4.69) is 37.3 Å². The van der Waals surface area contributed by atoms with Crippen LogP contribution in [0.1, 0.15) is 11.1 Å². The highest BCUT2D eigenvalue weighted by molar-refractivity contribution is 7.88. The topological polar surface area (TPSA) is 114 Å². The molecule has 8 nitrogen and oxygen atoms in total. The highest BCUT2D eigenvalue weighted by Gasteiger charge is 2.22. The lowest BCUT2D eigenvalue weighted by Crippen LogP contribution is -2.17. The maximum atomic E-state index is 11.3. The van der Waals surface area contributed by atoms with E-state index in [9.17, 15) is 8.42 Å². The first-order chi connectivity index (χ1) is 13.0. The van der Waals surface area contributed by atoms with Crippen molar-refractivity contribution in [2.24, 2.45) is 5.14 Å². The van der Waals surface area contributed by atoms with Gasteiger partial charge in [-0.2, -0.15) is 4.98 Å². The second kappa shape index (κ2) is 6.93. The fraction of sp³-hybridized carbons (Fsp3) is 0.167. The maximum absolute atomic E-state index is 11.3. The Morgan fingerprint density at radius 3 is 2.81 bits per heavy atom. The van der Waals surface area contributed by atoms with Gasteiger partial charge in [0.1, 0.15) is 6.33 Å². The summed E-state index contributed by atoms with van der Waals surface area (Å²) < 4.78 is 22.6. The lowest BCUT2D eigenvalue weighted by molar-refractivity contribution is 0.597. The largest absolute Gasteiger partial charge is 0.324 e. The average Bonchev–Trinajstić information content (AvgIpc) is 3.05. The number of para-hydroxylation sites is 1. The summed E-state index contributed by atoms with van der Waals surface area (Å²) in [5.41, 5.74) is 3.63. The summed E-state index contributed by atoms with van der Waals surface area (Å²) in [6, 6.07) is 15.1. The minimum atomic E-state index is -3.59. The molecule has 138 valence electrons. The second-order valence-electron chi connectivity index (χ2n) is 6.27. The summed E-state index contributed by atoms with van der Waals surface area (Å²) in [7, 11) is -3.59. The third-order valence-electron chi connectivity index (χ3n) is 4.24. The number of nitrogens with zero attached hydrogens (tertiary/aromatic N) is 4. The van der Waals surface area contributed by atoms with Crippen LogP contribution in [-0.4, -0.2) is 29.9 Å². The number of nitrogens with two attached hydrogens (primary N) is 1. The van der Waals surface area contributed by atoms with Crippen molar-refractivity contribution in [1.29, 1.82) is 0 Å². The van der Waals surface area contributed by atoms with Crippen LogP contribution in [0.15, 0.2) is 54.9 Å². The second-order valence-corrected chi connectivity index (χ2v) is 7.89. The van der Waals surface area contributed by atoms with E-state index in [-0.39, 0.29) is 5.75 Å². The zero-order chi connectivity index (χ0) is 18.9. The van der Waals surface area contributed by atoms with Crippen molar-refractivity contribution < 1.29 is 8.42 Å². The van der Waals surface area contributed by atoms with Crippen LogP contribution in [0.4, 0.5) is 23.3 Å². The minimum Gasteiger partial charge on any atom is -0.324 e. The van der Waals surface area contributed by atoms with Crippen molar-refractivity contribution in [3.63, 3.8) is 0 Å². The molecule has 1 aromatic heterocycles. The Morgan fingerprint density at radius 1 is 1.11 bits per heavy atom. The number of hydrogen-bond acceptors (Lipinski definition) is 7. The number of primary sulfonamides is 1. The van der Waals surface area contributed by atoms with Crippen LogP contribution in [0.25, 0.3) is 0 Å². The predicted molar refractivity (Wildman–Crippen MR) is 104 cm³/mol. The monoisotopic (exact) mass is 382 g/mol.